The maximum Gasteiger partial charge on any atom is 0.336 e. The van der Waals surface area contributed by atoms with Crippen LogP contribution in [0.1, 0.15) is 11.6 Å². The Morgan fingerprint density at radius 2 is 2.21 bits per heavy atom. The average Bonchev–Trinajstić information content (AvgIpc) is 2.81. The number of hydrogen-bond acceptors (Lipinski definition) is 2. The van der Waals surface area contributed by atoms with Crippen molar-refractivity contribution in [1.29, 1.82) is 0 Å². The van der Waals surface area contributed by atoms with Crippen molar-refractivity contribution in [3.8, 4) is 0 Å². The quantitative estimate of drug-likeness (QED) is 0.660. The molecular formula is C8H8BrNO3S. The van der Waals surface area contributed by atoms with E-state index in [1.165, 1.54) is 0 Å². The van der Waals surface area contributed by atoms with E-state index in [1.807, 2.05) is 24.3 Å². The second-order valence-electron chi connectivity index (χ2n) is 3.12. The Hall–Kier alpha value is -0.430. The minimum absolute atomic E-state index is 0.206. The number of rotatable bonds is 2. The molecule has 0 saturated carbocycles. The Labute approximate surface area is 90.5 Å². The van der Waals surface area contributed by atoms with Gasteiger partial charge in [0.15, 0.2) is 0 Å². The fourth-order valence-electron chi connectivity index (χ4n) is 1.36. The van der Waals surface area contributed by atoms with Gasteiger partial charge in [0.05, 0.1) is 6.04 Å². The third-order valence-corrected chi connectivity index (χ3v) is 3.59. The first-order valence-electron chi connectivity index (χ1n) is 3.98. The summed E-state index contributed by atoms with van der Waals surface area (Å²) in [5, 5.41) is 0. The molecule has 2 unspecified atom stereocenters. The molecular weight excluding hydrogens is 270 g/mol. The molecule has 0 amide bonds. The molecule has 1 aromatic carbocycles. The van der Waals surface area contributed by atoms with Gasteiger partial charge in [0.1, 0.15) is 0 Å². The summed E-state index contributed by atoms with van der Waals surface area (Å²) >= 11 is 3.30. The van der Waals surface area contributed by atoms with Gasteiger partial charge in [-0.25, -0.2) is 0 Å². The third-order valence-electron chi connectivity index (χ3n) is 2.10. The molecule has 0 aromatic heterocycles. The van der Waals surface area contributed by atoms with Crippen molar-refractivity contribution >= 4 is 26.2 Å². The summed E-state index contributed by atoms with van der Waals surface area (Å²) in [7, 11) is -4.02. The molecule has 0 bridgehead atoms. The molecule has 1 aliphatic rings. The molecule has 2 atom stereocenters. The highest BCUT2D eigenvalue weighted by atomic mass is 79.9. The second-order valence-corrected chi connectivity index (χ2v) is 5.40. The van der Waals surface area contributed by atoms with Crippen LogP contribution in [0.2, 0.25) is 0 Å². The van der Waals surface area contributed by atoms with Crippen molar-refractivity contribution in [3.05, 3.63) is 34.3 Å². The maximum absolute atomic E-state index is 10.7. The smallest absolute Gasteiger partial charge is 0.273 e. The number of nitrogens with zero attached hydrogens (tertiary/aromatic N) is 1. The van der Waals surface area contributed by atoms with Crippen LogP contribution in [-0.2, 0) is 10.3 Å². The van der Waals surface area contributed by atoms with Crippen molar-refractivity contribution in [2.24, 2.45) is 0 Å². The largest absolute Gasteiger partial charge is 0.336 e. The van der Waals surface area contributed by atoms with E-state index < -0.39 is 10.3 Å². The van der Waals surface area contributed by atoms with Gasteiger partial charge in [-0.2, -0.15) is 12.7 Å². The van der Waals surface area contributed by atoms with Gasteiger partial charge in [-0.3, -0.25) is 4.55 Å². The first-order valence-corrected chi connectivity index (χ1v) is 6.17. The molecule has 0 spiro atoms. The lowest BCUT2D eigenvalue weighted by molar-refractivity contribution is 0.441. The van der Waals surface area contributed by atoms with Crippen LogP contribution in [0.5, 0.6) is 0 Å². The van der Waals surface area contributed by atoms with Crippen LogP contribution in [0.25, 0.3) is 0 Å². The predicted octanol–water partition coefficient (Wildman–Crippen LogP) is 1.61. The summed E-state index contributed by atoms with van der Waals surface area (Å²) in [5.41, 5.74) is 0.886. The molecule has 1 saturated heterocycles. The molecule has 2 rings (SSSR count). The van der Waals surface area contributed by atoms with E-state index in [9.17, 15) is 8.42 Å². The van der Waals surface area contributed by atoms with E-state index in [2.05, 4.69) is 15.9 Å². The molecule has 0 radical (unpaired) electrons. The summed E-state index contributed by atoms with van der Waals surface area (Å²) in [4.78, 5) is 0. The summed E-state index contributed by atoms with van der Waals surface area (Å²) in [6, 6.07) is 7.17. The normalized spacial score (nSPS) is 26.1. The zero-order valence-electron chi connectivity index (χ0n) is 7.09. The lowest BCUT2D eigenvalue weighted by atomic mass is 10.2. The summed E-state index contributed by atoms with van der Waals surface area (Å²) in [6.45, 7) is 0.356. The van der Waals surface area contributed by atoms with Gasteiger partial charge in [0.2, 0.25) is 0 Å². The zero-order chi connectivity index (χ0) is 10.3. The predicted molar refractivity (Wildman–Crippen MR) is 55.1 cm³/mol. The maximum atomic E-state index is 10.7. The molecule has 1 fully saturated rings. The molecule has 6 heteroatoms. The standard InChI is InChI=1S/C8H8BrNO3S/c9-7-3-1-2-6(4-7)8-5-10(8)14(11,12)13/h1-4,8H,5H2,(H,11,12,13). The van der Waals surface area contributed by atoms with Crippen LogP contribution in [0.3, 0.4) is 0 Å². The SMILES string of the molecule is O=S(=O)(O)N1CC1c1cccc(Br)c1. The molecule has 0 aliphatic carbocycles. The van der Waals surface area contributed by atoms with Crippen LogP contribution < -0.4 is 0 Å². The van der Waals surface area contributed by atoms with E-state index in [0.29, 0.717) is 6.54 Å². The van der Waals surface area contributed by atoms with Gasteiger partial charge in [-0.1, -0.05) is 28.1 Å². The van der Waals surface area contributed by atoms with Gasteiger partial charge in [-0.05, 0) is 17.7 Å². The summed E-state index contributed by atoms with van der Waals surface area (Å²) < 4.78 is 32.1. The topological polar surface area (TPSA) is 57.4 Å². The highest BCUT2D eigenvalue weighted by Crippen LogP contribution is 2.37. The van der Waals surface area contributed by atoms with Crippen molar-refractivity contribution in [2.75, 3.05) is 6.54 Å². The first kappa shape index (κ1) is 10.1. The van der Waals surface area contributed by atoms with Crippen LogP contribution in [0.15, 0.2) is 28.7 Å². The highest BCUT2D eigenvalue weighted by molar-refractivity contribution is 9.10. The minimum atomic E-state index is -4.02. The van der Waals surface area contributed by atoms with Crippen LogP contribution in [-0.4, -0.2) is 23.8 Å². The van der Waals surface area contributed by atoms with Gasteiger partial charge in [-0.15, -0.1) is 0 Å². The molecule has 14 heavy (non-hydrogen) atoms. The molecule has 1 heterocycles. The van der Waals surface area contributed by atoms with E-state index in [0.717, 1.165) is 14.3 Å². The lowest BCUT2D eigenvalue weighted by Gasteiger charge is -2.00. The van der Waals surface area contributed by atoms with Crippen LogP contribution >= 0.6 is 15.9 Å². The van der Waals surface area contributed by atoms with Crippen LogP contribution in [0.4, 0.5) is 0 Å². The van der Waals surface area contributed by atoms with E-state index >= 15 is 0 Å². The Morgan fingerprint density at radius 3 is 2.71 bits per heavy atom. The van der Waals surface area contributed by atoms with E-state index in [-0.39, 0.29) is 6.04 Å². The fourth-order valence-corrected chi connectivity index (χ4v) is 2.55. The molecule has 76 valence electrons. The van der Waals surface area contributed by atoms with Crippen LogP contribution in [0, 0.1) is 0 Å². The Balaban J connectivity index is 2.22. The third kappa shape index (κ3) is 1.98. The Bertz CT molecular complexity index is 459. The average molecular weight is 278 g/mol. The summed E-state index contributed by atoms with van der Waals surface area (Å²) in [5.74, 6) is 0. The van der Waals surface area contributed by atoms with Gasteiger partial charge >= 0.3 is 10.3 Å². The van der Waals surface area contributed by atoms with E-state index in [4.69, 9.17) is 4.55 Å². The first-order chi connectivity index (χ1) is 6.48. The number of benzene rings is 1. The van der Waals surface area contributed by atoms with Crippen molar-refractivity contribution in [2.45, 2.75) is 6.04 Å². The zero-order valence-corrected chi connectivity index (χ0v) is 9.49. The number of halogens is 1. The van der Waals surface area contributed by atoms with Gasteiger partial charge in [0.25, 0.3) is 0 Å². The molecule has 4 nitrogen and oxygen atoms in total. The van der Waals surface area contributed by atoms with E-state index in [1.54, 1.807) is 0 Å². The van der Waals surface area contributed by atoms with Crippen molar-refractivity contribution in [1.82, 2.24) is 4.31 Å². The number of hydrogen-bond donors (Lipinski definition) is 1. The monoisotopic (exact) mass is 277 g/mol. The molecule has 1 aromatic rings. The molecule has 1 aliphatic heterocycles. The van der Waals surface area contributed by atoms with Crippen molar-refractivity contribution in [3.63, 3.8) is 0 Å². The summed E-state index contributed by atoms with van der Waals surface area (Å²) in [6.07, 6.45) is 0. The fraction of sp³-hybridized carbons (Fsp3) is 0.250. The second kappa shape index (κ2) is 3.30. The van der Waals surface area contributed by atoms with Gasteiger partial charge in [0, 0.05) is 11.0 Å². The minimum Gasteiger partial charge on any atom is -0.273 e. The van der Waals surface area contributed by atoms with Crippen molar-refractivity contribution < 1.29 is 13.0 Å². The van der Waals surface area contributed by atoms with Gasteiger partial charge < -0.3 is 0 Å². The molecule has 1 N–H and O–H groups in total. The Kier molecular flexibility index (Phi) is 2.38. The lowest BCUT2D eigenvalue weighted by Crippen LogP contribution is -2.09. The Morgan fingerprint density at radius 1 is 1.50 bits per heavy atom. The highest BCUT2D eigenvalue weighted by Gasteiger charge is 2.44.